The van der Waals surface area contributed by atoms with E-state index in [1.807, 2.05) is 0 Å². The fourth-order valence-electron chi connectivity index (χ4n) is 3.71. The molecule has 0 bridgehead atoms. The molecule has 4 rings (SSSR count). The van der Waals surface area contributed by atoms with Crippen molar-refractivity contribution >= 4 is 25.5 Å². The lowest BCUT2D eigenvalue weighted by atomic mass is 10.1. The van der Waals surface area contributed by atoms with Gasteiger partial charge < -0.3 is 4.42 Å². The molecule has 1 fully saturated rings. The van der Waals surface area contributed by atoms with Crippen LogP contribution in [0.2, 0.25) is 0 Å². The average Bonchev–Trinajstić information content (AvgIpc) is 3.28. The highest BCUT2D eigenvalue weighted by Gasteiger charge is 2.37. The molecule has 0 spiro atoms. The zero-order valence-electron chi connectivity index (χ0n) is 17.9. The van der Waals surface area contributed by atoms with Crippen LogP contribution in [-0.2, 0) is 26.4 Å². The Labute approximate surface area is 198 Å². The number of nitrogens with zero attached hydrogens (tertiary/aromatic N) is 3. The van der Waals surface area contributed by atoms with Gasteiger partial charge in [0.25, 0.3) is 5.89 Å². The number of halogens is 4. The molecule has 14 heteroatoms. The van der Waals surface area contributed by atoms with Crippen LogP contribution >= 0.6 is 0 Å². The second kappa shape index (κ2) is 9.57. The first-order valence-electron chi connectivity index (χ1n) is 10.3. The number of anilines is 1. The number of hydrogen-bond acceptors (Lipinski definition) is 7. The SMILES string of the molecule is O=S1(=O)CCC(S(=O)(=O)N(Cc2ccc(-c3nnc(C(F)F)o3)cc2F)c2cccc(F)c2)CC1. The molecule has 0 radical (unpaired) electrons. The summed E-state index contributed by atoms with van der Waals surface area (Å²) < 4.78 is 110. The topological polar surface area (TPSA) is 110 Å². The number of alkyl halides is 2. The lowest BCUT2D eigenvalue weighted by molar-refractivity contribution is 0.116. The van der Waals surface area contributed by atoms with Gasteiger partial charge in [-0.3, -0.25) is 4.31 Å². The quantitative estimate of drug-likeness (QED) is 0.424. The Morgan fingerprint density at radius 2 is 1.77 bits per heavy atom. The van der Waals surface area contributed by atoms with Crippen LogP contribution in [0.1, 0.15) is 30.7 Å². The smallest absolute Gasteiger partial charge is 0.314 e. The highest BCUT2D eigenvalue weighted by molar-refractivity contribution is 7.94. The van der Waals surface area contributed by atoms with E-state index in [1.54, 1.807) is 0 Å². The Balaban J connectivity index is 1.67. The van der Waals surface area contributed by atoms with Crippen molar-refractivity contribution < 1.29 is 38.8 Å². The van der Waals surface area contributed by atoms with E-state index in [0.717, 1.165) is 22.5 Å². The van der Waals surface area contributed by atoms with E-state index >= 15 is 0 Å². The van der Waals surface area contributed by atoms with Crippen LogP contribution in [0, 0.1) is 11.6 Å². The van der Waals surface area contributed by atoms with Crippen molar-refractivity contribution in [2.24, 2.45) is 0 Å². The molecule has 8 nitrogen and oxygen atoms in total. The van der Waals surface area contributed by atoms with E-state index in [0.29, 0.717) is 0 Å². The Morgan fingerprint density at radius 1 is 1.06 bits per heavy atom. The molecule has 35 heavy (non-hydrogen) atoms. The summed E-state index contributed by atoms with van der Waals surface area (Å²) in [4.78, 5) is 0. The van der Waals surface area contributed by atoms with Gasteiger partial charge in [-0.05, 0) is 43.2 Å². The molecule has 2 aromatic carbocycles. The van der Waals surface area contributed by atoms with Crippen LogP contribution in [0.25, 0.3) is 11.5 Å². The molecule has 0 unspecified atom stereocenters. The molecule has 188 valence electrons. The molecular weight excluding hydrogens is 514 g/mol. The molecule has 1 aromatic heterocycles. The van der Waals surface area contributed by atoms with Gasteiger partial charge in [-0.15, -0.1) is 10.2 Å². The van der Waals surface area contributed by atoms with Crippen molar-refractivity contribution in [3.8, 4) is 11.5 Å². The Bertz CT molecular complexity index is 1430. The molecule has 2 heterocycles. The molecule has 1 saturated heterocycles. The summed E-state index contributed by atoms with van der Waals surface area (Å²) in [5.41, 5.74) is -0.151. The third-order valence-corrected chi connectivity index (χ3v) is 9.55. The minimum absolute atomic E-state index is 0.00306. The van der Waals surface area contributed by atoms with Crippen LogP contribution in [0.15, 0.2) is 46.9 Å². The average molecular weight is 534 g/mol. The van der Waals surface area contributed by atoms with Gasteiger partial charge in [0.15, 0.2) is 0 Å². The maximum absolute atomic E-state index is 15.0. The summed E-state index contributed by atoms with van der Waals surface area (Å²) in [7, 11) is -7.56. The zero-order chi connectivity index (χ0) is 25.4. The third kappa shape index (κ3) is 5.48. The summed E-state index contributed by atoms with van der Waals surface area (Å²) in [6.45, 7) is -0.521. The van der Waals surface area contributed by atoms with Crippen LogP contribution in [0.4, 0.5) is 23.2 Å². The van der Waals surface area contributed by atoms with Crippen molar-refractivity contribution in [2.75, 3.05) is 15.8 Å². The van der Waals surface area contributed by atoms with Crippen LogP contribution in [-0.4, -0.2) is 43.8 Å². The number of hydrogen-bond donors (Lipinski definition) is 0. The second-order valence-corrected chi connectivity index (χ2v) is 12.4. The molecule has 0 amide bonds. The monoisotopic (exact) mass is 533 g/mol. The van der Waals surface area contributed by atoms with Gasteiger partial charge in [-0.1, -0.05) is 12.1 Å². The zero-order valence-corrected chi connectivity index (χ0v) is 19.6. The van der Waals surface area contributed by atoms with E-state index in [1.165, 1.54) is 24.3 Å². The fraction of sp³-hybridized carbons (Fsp3) is 0.333. The van der Waals surface area contributed by atoms with Crippen LogP contribution in [0.5, 0.6) is 0 Å². The van der Waals surface area contributed by atoms with Crippen molar-refractivity contribution in [2.45, 2.75) is 31.1 Å². The highest BCUT2D eigenvalue weighted by Crippen LogP contribution is 2.31. The largest absolute Gasteiger partial charge is 0.415 e. The second-order valence-electron chi connectivity index (χ2n) is 7.93. The maximum Gasteiger partial charge on any atom is 0.314 e. The molecule has 3 aromatic rings. The minimum Gasteiger partial charge on any atom is -0.415 e. The molecule has 0 N–H and O–H groups in total. The first kappa shape index (κ1) is 25.1. The van der Waals surface area contributed by atoms with E-state index in [-0.39, 0.29) is 47.1 Å². The number of sulfonamides is 1. The molecule has 0 atom stereocenters. The van der Waals surface area contributed by atoms with Gasteiger partial charge in [0.2, 0.25) is 15.9 Å². The van der Waals surface area contributed by atoms with Crippen molar-refractivity contribution in [3.63, 3.8) is 0 Å². The predicted octanol–water partition coefficient (Wildman–Crippen LogP) is 3.87. The van der Waals surface area contributed by atoms with Crippen molar-refractivity contribution in [1.29, 1.82) is 0 Å². The van der Waals surface area contributed by atoms with Gasteiger partial charge in [-0.2, -0.15) is 8.78 Å². The van der Waals surface area contributed by atoms with E-state index < -0.39 is 55.6 Å². The van der Waals surface area contributed by atoms with Crippen LogP contribution in [0.3, 0.4) is 0 Å². The van der Waals surface area contributed by atoms with Gasteiger partial charge in [0.05, 0.1) is 29.0 Å². The summed E-state index contributed by atoms with van der Waals surface area (Å²) in [6.07, 6.45) is -3.27. The van der Waals surface area contributed by atoms with Crippen LogP contribution < -0.4 is 4.31 Å². The van der Waals surface area contributed by atoms with Crippen molar-refractivity contribution in [3.05, 3.63) is 65.6 Å². The van der Waals surface area contributed by atoms with E-state index in [9.17, 15) is 34.4 Å². The number of benzene rings is 2. The lowest BCUT2D eigenvalue weighted by Gasteiger charge is -2.31. The molecule has 0 saturated carbocycles. The minimum atomic E-state index is -4.22. The Kier molecular flexibility index (Phi) is 6.86. The Morgan fingerprint density at radius 3 is 2.37 bits per heavy atom. The van der Waals surface area contributed by atoms with Gasteiger partial charge >= 0.3 is 6.43 Å². The maximum atomic E-state index is 15.0. The van der Waals surface area contributed by atoms with E-state index in [2.05, 4.69) is 10.2 Å². The molecule has 0 aliphatic carbocycles. The summed E-state index contributed by atoms with van der Waals surface area (Å²) in [5.74, 6) is -3.48. The highest BCUT2D eigenvalue weighted by atomic mass is 32.2. The third-order valence-electron chi connectivity index (χ3n) is 5.57. The van der Waals surface area contributed by atoms with Gasteiger partial charge in [-0.25, -0.2) is 25.6 Å². The molecule has 1 aliphatic heterocycles. The van der Waals surface area contributed by atoms with E-state index in [4.69, 9.17) is 4.42 Å². The summed E-state index contributed by atoms with van der Waals surface area (Å²) in [6, 6.07) is 8.20. The van der Waals surface area contributed by atoms with Gasteiger partial charge in [0, 0.05) is 11.1 Å². The summed E-state index contributed by atoms with van der Waals surface area (Å²) >= 11 is 0. The lowest BCUT2D eigenvalue weighted by Crippen LogP contribution is -2.42. The first-order chi connectivity index (χ1) is 16.5. The molecular formula is C21H19F4N3O5S2. The fourth-order valence-corrected chi connectivity index (χ4v) is 7.42. The van der Waals surface area contributed by atoms with Crippen molar-refractivity contribution in [1.82, 2.24) is 10.2 Å². The molecule has 1 aliphatic rings. The number of sulfone groups is 1. The Hall–Kier alpha value is -3.00. The first-order valence-corrected chi connectivity index (χ1v) is 13.7. The predicted molar refractivity (Wildman–Crippen MR) is 118 cm³/mol. The summed E-state index contributed by atoms with van der Waals surface area (Å²) in [5, 5.41) is 5.58. The van der Waals surface area contributed by atoms with Gasteiger partial charge in [0.1, 0.15) is 21.5 Å². The normalized spacial score (nSPS) is 16.5. The number of aromatic nitrogens is 2. The standard InChI is InChI=1S/C21H19F4N3O5S2/c22-15-2-1-3-16(11-15)28(35(31,32)17-6-8-34(29,30)9-7-17)12-14-5-4-13(10-18(14)23)20-26-27-21(33-20)19(24)25/h1-5,10-11,17,19H,6-9,12H2. The number of rotatable bonds is 7.